The van der Waals surface area contributed by atoms with Crippen molar-refractivity contribution < 1.29 is 13.6 Å². The van der Waals surface area contributed by atoms with Gasteiger partial charge in [-0.1, -0.05) is 18.2 Å². The first-order chi connectivity index (χ1) is 9.41. The normalized spacial score (nSPS) is 10.4. The average molecular weight is 276 g/mol. The Morgan fingerprint density at radius 2 is 1.70 bits per heavy atom. The summed E-state index contributed by atoms with van der Waals surface area (Å²) in [4.78, 5) is 12.2. The molecular weight excluding hydrogens is 262 g/mol. The van der Waals surface area contributed by atoms with Gasteiger partial charge in [0.1, 0.15) is 5.69 Å². The minimum atomic E-state index is -1.16. The second-order valence-electron chi connectivity index (χ2n) is 4.55. The number of nitrogens with one attached hydrogen (secondary N) is 1. The molecule has 0 aromatic heterocycles. The van der Waals surface area contributed by atoms with Crippen molar-refractivity contribution in [3.8, 4) is 0 Å². The van der Waals surface area contributed by atoms with E-state index in [1.165, 1.54) is 6.07 Å². The summed E-state index contributed by atoms with van der Waals surface area (Å²) in [6.07, 6.45) is 0. The van der Waals surface area contributed by atoms with Crippen molar-refractivity contribution in [2.24, 2.45) is 0 Å². The van der Waals surface area contributed by atoms with Crippen LogP contribution in [0.5, 0.6) is 0 Å². The summed E-state index contributed by atoms with van der Waals surface area (Å²) < 4.78 is 26.9. The van der Waals surface area contributed by atoms with Crippen LogP contribution in [0.2, 0.25) is 0 Å². The van der Waals surface area contributed by atoms with Gasteiger partial charge in [-0.3, -0.25) is 4.79 Å². The standard InChI is InChI=1S/C15H14F2N2O/c1-8-4-3-5-9(2)12(8)15(20)19-14-11(18)7-6-10(16)13(14)17/h3-7H,18H2,1-2H3,(H,19,20). The number of amides is 1. The van der Waals surface area contributed by atoms with Crippen molar-refractivity contribution in [2.45, 2.75) is 13.8 Å². The van der Waals surface area contributed by atoms with Gasteiger partial charge in [0, 0.05) is 5.56 Å². The SMILES string of the molecule is Cc1cccc(C)c1C(=O)Nc1c(N)ccc(F)c1F. The molecule has 0 saturated heterocycles. The molecule has 0 heterocycles. The first-order valence-electron chi connectivity index (χ1n) is 6.03. The molecule has 0 spiro atoms. The number of carbonyl (C=O) groups is 1. The zero-order valence-corrected chi connectivity index (χ0v) is 11.1. The van der Waals surface area contributed by atoms with Gasteiger partial charge in [-0.25, -0.2) is 8.78 Å². The van der Waals surface area contributed by atoms with Crippen molar-refractivity contribution in [3.63, 3.8) is 0 Å². The Bertz CT molecular complexity index is 664. The van der Waals surface area contributed by atoms with E-state index in [-0.39, 0.29) is 11.4 Å². The second-order valence-corrected chi connectivity index (χ2v) is 4.55. The predicted molar refractivity (Wildman–Crippen MR) is 74.6 cm³/mol. The zero-order chi connectivity index (χ0) is 14.9. The third-order valence-electron chi connectivity index (χ3n) is 3.07. The van der Waals surface area contributed by atoms with Gasteiger partial charge in [-0.15, -0.1) is 0 Å². The molecular formula is C15H14F2N2O. The molecule has 0 bridgehead atoms. The van der Waals surface area contributed by atoms with Crippen LogP contribution < -0.4 is 11.1 Å². The maximum atomic E-state index is 13.7. The fraction of sp³-hybridized carbons (Fsp3) is 0.133. The molecule has 0 fully saturated rings. The maximum Gasteiger partial charge on any atom is 0.256 e. The van der Waals surface area contributed by atoms with Crippen LogP contribution in [-0.2, 0) is 0 Å². The van der Waals surface area contributed by atoms with E-state index in [1.54, 1.807) is 26.0 Å². The van der Waals surface area contributed by atoms with E-state index in [9.17, 15) is 13.6 Å². The smallest absolute Gasteiger partial charge is 0.256 e. The van der Waals surface area contributed by atoms with Gasteiger partial charge < -0.3 is 11.1 Å². The lowest BCUT2D eigenvalue weighted by atomic mass is 10.0. The molecule has 2 aromatic rings. The summed E-state index contributed by atoms with van der Waals surface area (Å²) in [5.41, 5.74) is 7.13. The van der Waals surface area contributed by atoms with E-state index >= 15 is 0 Å². The quantitative estimate of drug-likeness (QED) is 0.826. The Hall–Kier alpha value is -2.43. The van der Waals surface area contributed by atoms with Crippen LogP contribution in [0.3, 0.4) is 0 Å². The summed E-state index contributed by atoms with van der Waals surface area (Å²) in [5, 5.41) is 2.34. The minimum Gasteiger partial charge on any atom is -0.397 e. The lowest BCUT2D eigenvalue weighted by Gasteiger charge is -2.12. The molecule has 0 saturated carbocycles. The molecule has 0 aliphatic rings. The summed E-state index contributed by atoms with van der Waals surface area (Å²) in [7, 11) is 0. The molecule has 0 atom stereocenters. The van der Waals surface area contributed by atoms with E-state index < -0.39 is 17.5 Å². The fourth-order valence-corrected chi connectivity index (χ4v) is 2.04. The zero-order valence-electron chi connectivity index (χ0n) is 11.1. The number of hydrogen-bond acceptors (Lipinski definition) is 2. The van der Waals surface area contributed by atoms with Crippen molar-refractivity contribution >= 4 is 17.3 Å². The van der Waals surface area contributed by atoms with Crippen LogP contribution in [0.4, 0.5) is 20.2 Å². The van der Waals surface area contributed by atoms with Crippen LogP contribution in [0.15, 0.2) is 30.3 Å². The number of rotatable bonds is 2. The van der Waals surface area contributed by atoms with E-state index in [0.29, 0.717) is 5.56 Å². The van der Waals surface area contributed by atoms with Gasteiger partial charge in [0.05, 0.1) is 5.69 Å². The number of anilines is 2. The lowest BCUT2D eigenvalue weighted by molar-refractivity contribution is 0.102. The van der Waals surface area contributed by atoms with Crippen LogP contribution in [0, 0.1) is 25.5 Å². The van der Waals surface area contributed by atoms with Crippen molar-refractivity contribution in [1.29, 1.82) is 0 Å². The number of carbonyl (C=O) groups excluding carboxylic acids is 1. The maximum absolute atomic E-state index is 13.7. The first kappa shape index (κ1) is 14.0. The highest BCUT2D eigenvalue weighted by molar-refractivity contribution is 6.07. The second kappa shape index (κ2) is 5.28. The molecule has 0 unspecified atom stereocenters. The highest BCUT2D eigenvalue weighted by atomic mass is 19.2. The molecule has 0 aliphatic heterocycles. The van der Waals surface area contributed by atoms with E-state index in [2.05, 4.69) is 5.32 Å². The first-order valence-corrected chi connectivity index (χ1v) is 6.03. The van der Waals surface area contributed by atoms with Gasteiger partial charge in [0.25, 0.3) is 5.91 Å². The van der Waals surface area contributed by atoms with Gasteiger partial charge >= 0.3 is 0 Å². The van der Waals surface area contributed by atoms with E-state index in [0.717, 1.165) is 17.2 Å². The molecule has 20 heavy (non-hydrogen) atoms. The van der Waals surface area contributed by atoms with E-state index in [1.807, 2.05) is 6.07 Å². The third-order valence-corrected chi connectivity index (χ3v) is 3.07. The Kier molecular flexibility index (Phi) is 3.70. The van der Waals surface area contributed by atoms with Gasteiger partial charge in [0.2, 0.25) is 0 Å². The summed E-state index contributed by atoms with van der Waals surface area (Å²) in [5.74, 6) is -2.74. The summed E-state index contributed by atoms with van der Waals surface area (Å²) in [6, 6.07) is 7.48. The summed E-state index contributed by atoms with van der Waals surface area (Å²) in [6.45, 7) is 3.54. The molecule has 0 aliphatic carbocycles. The van der Waals surface area contributed by atoms with Crippen molar-refractivity contribution in [1.82, 2.24) is 0 Å². The average Bonchev–Trinajstić information content (AvgIpc) is 2.39. The number of nitrogen functional groups attached to an aromatic ring is 1. The largest absolute Gasteiger partial charge is 0.397 e. The topological polar surface area (TPSA) is 55.1 Å². The molecule has 2 rings (SSSR count). The molecule has 1 amide bonds. The van der Waals surface area contributed by atoms with E-state index in [4.69, 9.17) is 5.73 Å². The van der Waals surface area contributed by atoms with Crippen molar-refractivity contribution in [2.75, 3.05) is 11.1 Å². The Morgan fingerprint density at radius 1 is 1.10 bits per heavy atom. The molecule has 104 valence electrons. The highest BCUT2D eigenvalue weighted by Crippen LogP contribution is 2.26. The Labute approximate surface area is 115 Å². The molecule has 0 radical (unpaired) electrons. The monoisotopic (exact) mass is 276 g/mol. The van der Waals surface area contributed by atoms with Crippen LogP contribution >= 0.6 is 0 Å². The molecule has 5 heteroatoms. The minimum absolute atomic E-state index is 0.0245. The highest BCUT2D eigenvalue weighted by Gasteiger charge is 2.17. The van der Waals surface area contributed by atoms with Crippen LogP contribution in [-0.4, -0.2) is 5.91 Å². The number of hydrogen-bond donors (Lipinski definition) is 2. The Morgan fingerprint density at radius 3 is 2.30 bits per heavy atom. The fourth-order valence-electron chi connectivity index (χ4n) is 2.04. The molecule has 3 N–H and O–H groups in total. The molecule has 2 aromatic carbocycles. The number of aryl methyl sites for hydroxylation is 2. The number of nitrogens with two attached hydrogens (primary N) is 1. The predicted octanol–water partition coefficient (Wildman–Crippen LogP) is 3.42. The van der Waals surface area contributed by atoms with Gasteiger partial charge in [0.15, 0.2) is 11.6 Å². The van der Waals surface area contributed by atoms with Gasteiger partial charge in [-0.05, 0) is 37.1 Å². The molecule has 3 nitrogen and oxygen atoms in total. The van der Waals surface area contributed by atoms with Crippen molar-refractivity contribution in [3.05, 3.63) is 58.7 Å². The van der Waals surface area contributed by atoms with Crippen LogP contribution in [0.1, 0.15) is 21.5 Å². The Balaban J connectivity index is 2.41. The lowest BCUT2D eigenvalue weighted by Crippen LogP contribution is -2.17. The number of benzene rings is 2. The van der Waals surface area contributed by atoms with Gasteiger partial charge in [-0.2, -0.15) is 0 Å². The number of halogens is 2. The summed E-state index contributed by atoms with van der Waals surface area (Å²) >= 11 is 0. The third kappa shape index (κ3) is 2.47. The van der Waals surface area contributed by atoms with Crippen LogP contribution in [0.25, 0.3) is 0 Å².